The average molecular weight is 682 g/mol. The molecule has 1 aliphatic heterocycles. The minimum absolute atomic E-state index is 0.117. The standard InChI is InChI=1S/C36H38F3N3O7/c1-19-15-25(11-12-28(19)43)49-35-20(2)13-22(14-21(35)3)16-26(40)32(44)23-7-9-24(10-8-23)47-18-29-34(46)33(45)27(17-48-29)41-31-6-4-5-30(42-31)36(37,38)39/h4-15,26-27,29,33-34,43,45-46H,16-18,40H2,1-3H3,(H,41,42)/t26?,27-,29+,33+,34-/m0/s1. The van der Waals surface area contributed by atoms with Crippen molar-refractivity contribution in [2.24, 2.45) is 5.73 Å². The van der Waals surface area contributed by atoms with Gasteiger partial charge in [-0.25, -0.2) is 4.98 Å². The zero-order chi connectivity index (χ0) is 35.5. The first-order valence-corrected chi connectivity index (χ1v) is 15.6. The van der Waals surface area contributed by atoms with Crippen LogP contribution in [-0.4, -0.2) is 69.7 Å². The SMILES string of the molecule is Cc1cc(Oc2c(C)cc(CC(N)C(=O)c3ccc(OC[C@H]4OC[C@H](Nc5cccc(C(F)(F)F)n5)[C@@H](O)[C@H]4O)cc3)cc2C)ccc1O. The fourth-order valence-electron chi connectivity index (χ4n) is 5.60. The molecule has 3 aromatic carbocycles. The molecule has 1 unspecified atom stereocenters. The van der Waals surface area contributed by atoms with Gasteiger partial charge < -0.3 is 40.6 Å². The molecule has 1 saturated heterocycles. The van der Waals surface area contributed by atoms with Crippen LogP contribution in [0.5, 0.6) is 23.0 Å². The van der Waals surface area contributed by atoms with E-state index in [1.165, 1.54) is 12.1 Å². The lowest BCUT2D eigenvalue weighted by Crippen LogP contribution is -2.57. The lowest BCUT2D eigenvalue weighted by atomic mass is 9.96. The monoisotopic (exact) mass is 681 g/mol. The summed E-state index contributed by atoms with van der Waals surface area (Å²) in [7, 11) is 0. The van der Waals surface area contributed by atoms with Gasteiger partial charge >= 0.3 is 6.18 Å². The first-order chi connectivity index (χ1) is 23.2. The number of aliphatic hydroxyl groups is 2. The van der Waals surface area contributed by atoms with Crippen molar-refractivity contribution in [3.8, 4) is 23.0 Å². The van der Waals surface area contributed by atoms with Crippen LogP contribution >= 0.6 is 0 Å². The summed E-state index contributed by atoms with van der Waals surface area (Å²) >= 11 is 0. The lowest BCUT2D eigenvalue weighted by Gasteiger charge is -2.38. The number of phenolic OH excluding ortho intramolecular Hbond substituents is 1. The van der Waals surface area contributed by atoms with Gasteiger partial charge in [-0.1, -0.05) is 18.2 Å². The molecule has 4 aromatic rings. The molecule has 0 saturated carbocycles. The van der Waals surface area contributed by atoms with Gasteiger partial charge in [0.2, 0.25) is 0 Å². The van der Waals surface area contributed by atoms with Crippen LogP contribution in [0.1, 0.15) is 38.3 Å². The number of aromatic hydroxyl groups is 1. The van der Waals surface area contributed by atoms with Gasteiger partial charge in [-0.2, -0.15) is 13.2 Å². The van der Waals surface area contributed by atoms with Crippen molar-refractivity contribution in [1.29, 1.82) is 0 Å². The molecule has 1 fully saturated rings. The number of benzene rings is 3. The Morgan fingerprint density at radius 2 is 1.65 bits per heavy atom. The fourth-order valence-corrected chi connectivity index (χ4v) is 5.60. The van der Waals surface area contributed by atoms with Crippen molar-refractivity contribution >= 4 is 11.6 Å². The number of alkyl halides is 3. The number of nitrogens with two attached hydrogens (primary N) is 1. The van der Waals surface area contributed by atoms with Crippen LogP contribution in [0.15, 0.2) is 72.8 Å². The number of rotatable bonds is 11. The van der Waals surface area contributed by atoms with Crippen molar-refractivity contribution in [1.82, 2.24) is 4.98 Å². The molecule has 1 aliphatic rings. The Labute approximate surface area is 281 Å². The van der Waals surface area contributed by atoms with Crippen LogP contribution in [0.4, 0.5) is 19.0 Å². The van der Waals surface area contributed by atoms with Crippen LogP contribution in [-0.2, 0) is 17.3 Å². The Morgan fingerprint density at radius 3 is 2.31 bits per heavy atom. The maximum Gasteiger partial charge on any atom is 0.433 e. The molecule has 2 heterocycles. The highest BCUT2D eigenvalue weighted by molar-refractivity contribution is 6.00. The summed E-state index contributed by atoms with van der Waals surface area (Å²) in [5.74, 6) is 1.49. The van der Waals surface area contributed by atoms with Gasteiger partial charge in [0.05, 0.1) is 18.7 Å². The number of carbonyl (C=O) groups excluding carboxylic acids is 1. The first-order valence-electron chi connectivity index (χ1n) is 15.6. The third-order valence-corrected chi connectivity index (χ3v) is 8.26. The quantitative estimate of drug-likeness (QED) is 0.133. The van der Waals surface area contributed by atoms with E-state index in [0.717, 1.165) is 22.8 Å². The smallest absolute Gasteiger partial charge is 0.433 e. The molecule has 5 rings (SSSR count). The third-order valence-electron chi connectivity index (χ3n) is 8.26. The molecule has 0 bridgehead atoms. The van der Waals surface area contributed by atoms with Gasteiger partial charge in [-0.15, -0.1) is 0 Å². The van der Waals surface area contributed by atoms with Crippen LogP contribution in [0.3, 0.4) is 0 Å². The van der Waals surface area contributed by atoms with E-state index < -0.39 is 42.3 Å². The van der Waals surface area contributed by atoms with E-state index in [0.29, 0.717) is 34.8 Å². The molecular formula is C36H38F3N3O7. The number of carbonyl (C=O) groups is 1. The largest absolute Gasteiger partial charge is 0.508 e. The summed E-state index contributed by atoms with van der Waals surface area (Å²) in [5.41, 5.74) is 8.95. The van der Waals surface area contributed by atoms with E-state index in [1.54, 1.807) is 49.4 Å². The van der Waals surface area contributed by atoms with Crippen LogP contribution in [0.25, 0.3) is 0 Å². The number of anilines is 1. The summed E-state index contributed by atoms with van der Waals surface area (Å²) in [6.07, 6.45) is -8.03. The Morgan fingerprint density at radius 1 is 0.980 bits per heavy atom. The van der Waals surface area contributed by atoms with Gasteiger partial charge in [0.15, 0.2) is 5.78 Å². The van der Waals surface area contributed by atoms with Gasteiger partial charge in [0.1, 0.15) is 59.4 Å². The predicted octanol–water partition coefficient (Wildman–Crippen LogP) is 5.26. The Hall–Kier alpha value is -4.69. The number of hydrogen-bond acceptors (Lipinski definition) is 10. The topological polar surface area (TPSA) is 156 Å². The summed E-state index contributed by atoms with van der Waals surface area (Å²) in [6.45, 7) is 5.36. The molecule has 0 spiro atoms. The molecule has 0 aliphatic carbocycles. The number of aryl methyl sites for hydroxylation is 3. The molecule has 0 radical (unpaired) electrons. The Kier molecular flexibility index (Phi) is 10.8. The minimum Gasteiger partial charge on any atom is -0.508 e. The Bertz CT molecular complexity index is 1760. The number of halogens is 3. The van der Waals surface area contributed by atoms with Gasteiger partial charge in [0, 0.05) is 5.56 Å². The fraction of sp³-hybridized carbons (Fsp3) is 0.333. The van der Waals surface area contributed by atoms with Gasteiger partial charge in [-0.3, -0.25) is 4.79 Å². The van der Waals surface area contributed by atoms with Crippen molar-refractivity contribution in [3.05, 3.63) is 106 Å². The number of aromatic nitrogens is 1. The van der Waals surface area contributed by atoms with E-state index in [-0.39, 0.29) is 30.6 Å². The highest BCUT2D eigenvalue weighted by atomic mass is 19.4. The van der Waals surface area contributed by atoms with E-state index in [1.807, 2.05) is 26.0 Å². The highest BCUT2D eigenvalue weighted by Gasteiger charge is 2.39. The predicted molar refractivity (Wildman–Crippen MR) is 175 cm³/mol. The molecule has 1 aromatic heterocycles. The van der Waals surface area contributed by atoms with Crippen LogP contribution in [0.2, 0.25) is 0 Å². The molecule has 10 nitrogen and oxygen atoms in total. The van der Waals surface area contributed by atoms with Crippen molar-refractivity contribution in [2.45, 2.75) is 63.8 Å². The molecule has 49 heavy (non-hydrogen) atoms. The summed E-state index contributed by atoms with van der Waals surface area (Å²) < 4.78 is 56.4. The van der Waals surface area contributed by atoms with E-state index in [9.17, 15) is 33.3 Å². The number of pyridine rings is 1. The molecule has 260 valence electrons. The maximum absolute atomic E-state index is 13.2. The number of Topliss-reactive ketones (excluding diaryl/α,β-unsaturated/α-hetero) is 1. The van der Waals surface area contributed by atoms with Gasteiger partial charge in [0.25, 0.3) is 0 Å². The number of nitrogens with one attached hydrogen (secondary N) is 1. The number of aliphatic hydroxyl groups excluding tert-OH is 2. The van der Waals surface area contributed by atoms with Crippen LogP contribution < -0.4 is 20.5 Å². The molecule has 0 amide bonds. The average Bonchev–Trinajstić information content (AvgIpc) is 3.06. The van der Waals surface area contributed by atoms with Crippen molar-refractivity contribution < 1.29 is 47.5 Å². The van der Waals surface area contributed by atoms with E-state index >= 15 is 0 Å². The second-order valence-corrected chi connectivity index (χ2v) is 12.1. The molecule has 5 atom stereocenters. The van der Waals surface area contributed by atoms with E-state index in [2.05, 4.69) is 10.3 Å². The summed E-state index contributed by atoms with van der Waals surface area (Å²) in [4.78, 5) is 16.7. The third kappa shape index (κ3) is 8.67. The minimum atomic E-state index is -4.63. The number of ether oxygens (including phenoxy) is 3. The van der Waals surface area contributed by atoms with Crippen molar-refractivity contribution in [2.75, 3.05) is 18.5 Å². The van der Waals surface area contributed by atoms with Crippen molar-refractivity contribution in [3.63, 3.8) is 0 Å². The second-order valence-electron chi connectivity index (χ2n) is 12.1. The first kappa shape index (κ1) is 35.6. The molecule has 6 N–H and O–H groups in total. The summed E-state index contributed by atoms with van der Waals surface area (Å²) in [5, 5.41) is 33.7. The maximum atomic E-state index is 13.2. The number of nitrogens with zero attached hydrogens (tertiary/aromatic N) is 1. The normalized spacial score (nSPS) is 20.0. The second kappa shape index (κ2) is 14.8. The summed E-state index contributed by atoms with van der Waals surface area (Å²) in [6, 6.07) is 16.8. The molecule has 13 heteroatoms. The number of phenols is 1. The lowest BCUT2D eigenvalue weighted by molar-refractivity contribution is -0.150. The van der Waals surface area contributed by atoms with Crippen LogP contribution in [0, 0.1) is 20.8 Å². The Balaban J connectivity index is 1.12. The molecular weight excluding hydrogens is 643 g/mol. The zero-order valence-electron chi connectivity index (χ0n) is 27.1. The highest BCUT2D eigenvalue weighted by Crippen LogP contribution is 2.33. The van der Waals surface area contributed by atoms with Gasteiger partial charge in [-0.05, 0) is 104 Å². The zero-order valence-corrected chi connectivity index (χ0v) is 27.1. The van der Waals surface area contributed by atoms with E-state index in [4.69, 9.17) is 19.9 Å². The number of ketones is 1. The number of hydrogen-bond donors (Lipinski definition) is 5.